The first-order chi connectivity index (χ1) is 18.5. The summed E-state index contributed by atoms with van der Waals surface area (Å²) >= 11 is 5.95. The maximum absolute atomic E-state index is 14.6. The number of aromatic nitrogens is 2. The molecule has 2 fully saturated rings. The van der Waals surface area contributed by atoms with E-state index < -0.39 is 6.10 Å². The Morgan fingerprint density at radius 2 is 1.97 bits per heavy atom. The van der Waals surface area contributed by atoms with Crippen molar-refractivity contribution >= 4 is 24.0 Å². The first-order valence-corrected chi connectivity index (χ1v) is 13.7. The van der Waals surface area contributed by atoms with Crippen LogP contribution in [0.5, 0.6) is 5.75 Å². The summed E-state index contributed by atoms with van der Waals surface area (Å²) in [6.07, 6.45) is 7.48. The van der Waals surface area contributed by atoms with Gasteiger partial charge in [0.25, 0.3) is 0 Å². The maximum Gasteiger partial charge on any atom is 0.168 e. The number of carbonyl (C=O) groups is 1. The molecule has 2 unspecified atom stereocenters. The summed E-state index contributed by atoms with van der Waals surface area (Å²) in [5.74, 6) is 1.75. The van der Waals surface area contributed by atoms with Crippen molar-refractivity contribution in [2.24, 2.45) is 0 Å². The van der Waals surface area contributed by atoms with Crippen LogP contribution in [0.2, 0.25) is 5.02 Å². The van der Waals surface area contributed by atoms with Gasteiger partial charge in [0.1, 0.15) is 29.2 Å². The Balaban J connectivity index is 1.15. The second kappa shape index (κ2) is 10.6. The van der Waals surface area contributed by atoms with Crippen LogP contribution in [0.3, 0.4) is 0 Å². The van der Waals surface area contributed by atoms with Crippen molar-refractivity contribution in [1.29, 1.82) is 0 Å². The molecule has 0 amide bonds. The molecule has 2 atom stereocenters. The van der Waals surface area contributed by atoms with Crippen LogP contribution in [-0.2, 0) is 17.8 Å². The molecule has 6 rings (SSSR count). The van der Waals surface area contributed by atoms with Crippen LogP contribution >= 0.6 is 11.6 Å². The van der Waals surface area contributed by atoms with Crippen molar-refractivity contribution in [3.8, 4) is 5.75 Å². The van der Waals surface area contributed by atoms with Gasteiger partial charge >= 0.3 is 0 Å². The van der Waals surface area contributed by atoms with E-state index in [1.165, 1.54) is 11.6 Å². The smallest absolute Gasteiger partial charge is 0.168 e. The molecule has 38 heavy (non-hydrogen) atoms. The zero-order chi connectivity index (χ0) is 26.2. The predicted molar refractivity (Wildman–Crippen MR) is 144 cm³/mol. The summed E-state index contributed by atoms with van der Waals surface area (Å²) in [6.45, 7) is 5.90. The molecule has 198 valence electrons. The van der Waals surface area contributed by atoms with Crippen LogP contribution in [0, 0.1) is 12.7 Å². The van der Waals surface area contributed by atoms with Gasteiger partial charge in [-0.2, -0.15) is 0 Å². The van der Waals surface area contributed by atoms with E-state index in [1.54, 1.807) is 12.1 Å². The lowest BCUT2D eigenvalue weighted by Crippen LogP contribution is -2.35. The predicted octanol–water partition coefficient (Wildman–Crippen LogP) is 6.11. The van der Waals surface area contributed by atoms with Crippen molar-refractivity contribution in [2.45, 2.75) is 57.4 Å². The van der Waals surface area contributed by atoms with E-state index in [0.29, 0.717) is 35.3 Å². The summed E-state index contributed by atoms with van der Waals surface area (Å²) in [7, 11) is 0. The van der Waals surface area contributed by atoms with Crippen molar-refractivity contribution < 1.29 is 18.7 Å². The molecule has 4 heterocycles. The lowest BCUT2D eigenvalue weighted by atomic mass is 9.87. The molecule has 1 aromatic heterocycles. The molecule has 2 saturated heterocycles. The van der Waals surface area contributed by atoms with Gasteiger partial charge in [0.05, 0.1) is 24.9 Å². The van der Waals surface area contributed by atoms with E-state index in [1.807, 2.05) is 29.7 Å². The van der Waals surface area contributed by atoms with E-state index in [0.717, 1.165) is 68.1 Å². The van der Waals surface area contributed by atoms with Crippen LogP contribution in [0.25, 0.3) is 6.08 Å². The number of nitrogens with zero attached hydrogens (tertiary/aromatic N) is 3. The minimum Gasteiger partial charge on any atom is -0.481 e. The molecule has 3 aromatic rings. The van der Waals surface area contributed by atoms with E-state index in [9.17, 15) is 9.18 Å². The number of para-hydroxylation sites is 1. The average molecular weight is 536 g/mol. The zero-order valence-electron chi connectivity index (χ0n) is 21.4. The van der Waals surface area contributed by atoms with Crippen LogP contribution in [-0.4, -0.2) is 46.5 Å². The number of fused-ring (bicyclic) bond motifs is 1. The second-order valence-corrected chi connectivity index (χ2v) is 10.8. The summed E-state index contributed by atoms with van der Waals surface area (Å²) in [6, 6.07) is 11.0. The molecule has 2 aromatic carbocycles. The van der Waals surface area contributed by atoms with Gasteiger partial charge in [0.2, 0.25) is 0 Å². The van der Waals surface area contributed by atoms with Gasteiger partial charge in [-0.05, 0) is 69.0 Å². The molecule has 0 radical (unpaired) electrons. The molecule has 6 nitrogen and oxygen atoms in total. The lowest BCUT2D eigenvalue weighted by Gasteiger charge is -2.34. The average Bonchev–Trinajstić information content (AvgIpc) is 3.19. The minimum absolute atomic E-state index is 0.162. The van der Waals surface area contributed by atoms with Gasteiger partial charge in [0, 0.05) is 22.8 Å². The third-order valence-corrected chi connectivity index (χ3v) is 8.23. The van der Waals surface area contributed by atoms with Crippen LogP contribution in [0.1, 0.15) is 70.0 Å². The summed E-state index contributed by atoms with van der Waals surface area (Å²) in [5.41, 5.74) is 4.10. The van der Waals surface area contributed by atoms with E-state index in [4.69, 9.17) is 26.1 Å². The Labute approximate surface area is 227 Å². The number of hydrogen-bond donors (Lipinski definition) is 0. The van der Waals surface area contributed by atoms with E-state index in [-0.39, 0.29) is 11.9 Å². The number of piperidine rings is 1. The fourth-order valence-electron chi connectivity index (χ4n) is 5.77. The molecule has 0 saturated carbocycles. The number of carbonyl (C=O) groups excluding carboxylic acids is 1. The molecular weight excluding hydrogens is 505 g/mol. The molecular formula is C30H31ClFN3O3. The molecule has 0 N–H and O–H groups in total. The summed E-state index contributed by atoms with van der Waals surface area (Å²) in [5, 5.41) is 0.371. The second-order valence-electron chi connectivity index (χ2n) is 10.4. The monoisotopic (exact) mass is 535 g/mol. The number of hydrogen-bond acceptors (Lipinski definition) is 5. The molecule has 0 spiro atoms. The first-order valence-electron chi connectivity index (χ1n) is 13.3. The van der Waals surface area contributed by atoms with Gasteiger partial charge in [-0.15, -0.1) is 0 Å². The maximum atomic E-state index is 14.6. The number of imidazole rings is 1. The van der Waals surface area contributed by atoms with Crippen molar-refractivity contribution in [1.82, 2.24) is 14.5 Å². The highest BCUT2D eigenvalue weighted by Crippen LogP contribution is 2.42. The zero-order valence-corrected chi connectivity index (χ0v) is 22.2. The SMILES string of the molecule is Cc1nc(CN2CCC(c3cccc4c3OC(c3ccc(Cl)cc3F)C=C4)CC2)n(CC2CCO2)c1C=O. The number of aryl methyl sites for hydroxylation is 1. The number of ether oxygens (including phenoxy) is 2. The number of halogens is 2. The highest BCUT2D eigenvalue weighted by molar-refractivity contribution is 6.30. The Morgan fingerprint density at radius 1 is 1.16 bits per heavy atom. The number of rotatable bonds is 7. The Bertz CT molecular complexity index is 1380. The van der Waals surface area contributed by atoms with Gasteiger partial charge in [-0.3, -0.25) is 9.69 Å². The third-order valence-electron chi connectivity index (χ3n) is 7.99. The standard InChI is InChI=1S/C30H31ClFN3O3/c1-19-27(18-36)35(16-23-11-14-37-23)29(33-19)17-34-12-9-20(10-13-34)24-4-2-3-21-5-8-28(38-30(21)24)25-7-6-22(31)15-26(25)32/h2-8,15,18,20,23,28H,9-14,16-17H2,1H3. The van der Waals surface area contributed by atoms with E-state index >= 15 is 0 Å². The third kappa shape index (κ3) is 4.91. The van der Waals surface area contributed by atoms with Crippen LogP contribution in [0.15, 0.2) is 42.5 Å². The highest BCUT2D eigenvalue weighted by Gasteiger charge is 2.29. The molecule has 3 aliphatic rings. The fraction of sp³-hybridized carbons (Fsp3) is 0.400. The van der Waals surface area contributed by atoms with Gasteiger partial charge in [-0.25, -0.2) is 9.37 Å². The van der Waals surface area contributed by atoms with Gasteiger partial charge < -0.3 is 14.0 Å². The number of benzene rings is 2. The topological polar surface area (TPSA) is 56.6 Å². The summed E-state index contributed by atoms with van der Waals surface area (Å²) in [4.78, 5) is 18.9. The summed E-state index contributed by atoms with van der Waals surface area (Å²) < 4.78 is 28.7. The Hall–Kier alpha value is -3.00. The Morgan fingerprint density at radius 3 is 2.68 bits per heavy atom. The number of likely N-dealkylation sites (tertiary alicyclic amines) is 1. The normalized spacial score (nSPS) is 21.6. The number of aldehydes is 1. The molecule has 3 aliphatic heterocycles. The Kier molecular flexibility index (Phi) is 7.08. The lowest BCUT2D eigenvalue weighted by molar-refractivity contribution is -0.0599. The van der Waals surface area contributed by atoms with Crippen molar-refractivity contribution in [3.63, 3.8) is 0 Å². The molecule has 8 heteroatoms. The largest absolute Gasteiger partial charge is 0.481 e. The quantitative estimate of drug-likeness (QED) is 0.342. The van der Waals surface area contributed by atoms with E-state index in [2.05, 4.69) is 17.0 Å². The van der Waals surface area contributed by atoms with Crippen molar-refractivity contribution in [3.05, 3.63) is 87.2 Å². The molecule has 0 bridgehead atoms. The fourth-order valence-corrected chi connectivity index (χ4v) is 5.93. The minimum atomic E-state index is -0.491. The van der Waals surface area contributed by atoms with Gasteiger partial charge in [-0.1, -0.05) is 41.9 Å². The highest BCUT2D eigenvalue weighted by atomic mass is 35.5. The van der Waals surface area contributed by atoms with Gasteiger partial charge in [0.15, 0.2) is 6.29 Å². The van der Waals surface area contributed by atoms with Crippen LogP contribution < -0.4 is 4.74 Å². The van der Waals surface area contributed by atoms with Crippen molar-refractivity contribution in [2.75, 3.05) is 19.7 Å². The molecule has 0 aliphatic carbocycles. The van der Waals surface area contributed by atoms with Crippen LogP contribution in [0.4, 0.5) is 4.39 Å². The first kappa shape index (κ1) is 25.3.